The van der Waals surface area contributed by atoms with Gasteiger partial charge in [0.25, 0.3) is 5.91 Å². The summed E-state index contributed by atoms with van der Waals surface area (Å²) in [5.74, 6) is -3.35. The van der Waals surface area contributed by atoms with E-state index in [1.807, 2.05) is 26.5 Å². The van der Waals surface area contributed by atoms with Gasteiger partial charge >= 0.3 is 12.1 Å². The number of quaternary nitrogens is 1. The van der Waals surface area contributed by atoms with E-state index in [1.54, 1.807) is 23.5 Å². The van der Waals surface area contributed by atoms with Gasteiger partial charge in [0.05, 0.1) is 40.2 Å². The zero-order valence-corrected chi connectivity index (χ0v) is 18.6. The van der Waals surface area contributed by atoms with Crippen molar-refractivity contribution in [3.05, 3.63) is 46.0 Å². The average molecular weight is 478 g/mol. The number of furan rings is 1. The first-order valence-corrected chi connectivity index (χ1v) is 10.3. The van der Waals surface area contributed by atoms with Gasteiger partial charge in [-0.05, 0) is 40.9 Å². The number of carbonyl (C=O) groups is 3. The molecular weight excluding hydrogens is 453 g/mol. The molecule has 2 N–H and O–H groups in total. The first kappa shape index (κ1) is 27.2. The van der Waals surface area contributed by atoms with Gasteiger partial charge in [0, 0.05) is 6.42 Å². The monoisotopic (exact) mass is 478 g/mol. The third-order valence-corrected chi connectivity index (χ3v) is 4.61. The van der Waals surface area contributed by atoms with E-state index < -0.39 is 24.2 Å². The lowest BCUT2D eigenvalue weighted by atomic mass is 10.1. The van der Waals surface area contributed by atoms with Crippen molar-refractivity contribution in [2.24, 2.45) is 0 Å². The quantitative estimate of drug-likeness (QED) is 0.530. The van der Waals surface area contributed by atoms with E-state index in [9.17, 15) is 22.8 Å². The van der Waals surface area contributed by atoms with Crippen LogP contribution in [0, 0.1) is 0 Å². The van der Waals surface area contributed by atoms with Gasteiger partial charge in [0.1, 0.15) is 11.7 Å². The van der Waals surface area contributed by atoms with E-state index in [-0.39, 0.29) is 18.1 Å². The molecule has 1 amide bonds. The lowest BCUT2D eigenvalue weighted by Crippen LogP contribution is -2.49. The normalized spacial score (nSPS) is 12.4. The van der Waals surface area contributed by atoms with Crippen molar-refractivity contribution in [3.8, 4) is 0 Å². The second-order valence-corrected chi connectivity index (χ2v) is 8.70. The minimum atomic E-state index is -5.19. The molecule has 0 aliphatic heterocycles. The van der Waals surface area contributed by atoms with Crippen molar-refractivity contribution in [2.45, 2.75) is 31.5 Å². The molecule has 8 nitrogen and oxygen atoms in total. The molecule has 0 bridgehead atoms. The Morgan fingerprint density at radius 2 is 1.81 bits per heavy atom. The van der Waals surface area contributed by atoms with E-state index in [1.165, 1.54) is 5.56 Å². The number of carbonyl (C=O) groups excluding carboxylic acids is 2. The minimum absolute atomic E-state index is 0.118. The van der Waals surface area contributed by atoms with Crippen LogP contribution >= 0.6 is 11.3 Å². The minimum Gasteiger partial charge on any atom is -0.542 e. The molecule has 1 atom stereocenters. The fourth-order valence-electron chi connectivity index (χ4n) is 2.63. The molecule has 2 rings (SSSR count). The molecule has 0 saturated carbocycles. The van der Waals surface area contributed by atoms with Crippen LogP contribution in [0.15, 0.2) is 33.4 Å². The standard InChI is InChI=1S/C18H24N2O4S.C2HF3O2/c1-20(2,3)11-14(10-17(21)22)19-18(23)16-7-6-15(24-16)5-4-13-8-9-25-12-13;3-2(4,5)1(6)7/h6-9,12,14H,4-5,10-11H2,1-3H3,(H-,19,21,22,23);(H,6,7). The number of nitrogens with zero attached hydrogens (tertiary/aromatic N) is 1. The van der Waals surface area contributed by atoms with Gasteiger partial charge in [0.15, 0.2) is 5.76 Å². The van der Waals surface area contributed by atoms with E-state index in [2.05, 4.69) is 16.8 Å². The van der Waals surface area contributed by atoms with Crippen molar-refractivity contribution >= 4 is 29.2 Å². The summed E-state index contributed by atoms with van der Waals surface area (Å²) < 4.78 is 37.7. The molecule has 0 spiro atoms. The zero-order chi connectivity index (χ0) is 24.5. The third-order valence-electron chi connectivity index (χ3n) is 3.88. The van der Waals surface area contributed by atoms with Crippen LogP contribution in [0.2, 0.25) is 0 Å². The number of thiophene rings is 1. The molecule has 178 valence electrons. The van der Waals surface area contributed by atoms with E-state index in [0.717, 1.165) is 18.6 Å². The molecular formula is C20H25F3N2O6S. The molecule has 2 aromatic heterocycles. The number of rotatable bonds is 9. The summed E-state index contributed by atoms with van der Waals surface area (Å²) in [6.45, 7) is 0.518. The van der Waals surface area contributed by atoms with Gasteiger partial charge in [-0.1, -0.05) is 0 Å². The lowest BCUT2D eigenvalue weighted by molar-refractivity contribution is -0.871. The van der Waals surface area contributed by atoms with Crippen LogP contribution in [-0.4, -0.2) is 67.3 Å². The Morgan fingerprint density at radius 3 is 2.28 bits per heavy atom. The molecule has 2 aromatic rings. The summed E-state index contributed by atoms with van der Waals surface area (Å²) >= 11 is 1.66. The highest BCUT2D eigenvalue weighted by Crippen LogP contribution is 2.14. The number of hydrogen-bond acceptors (Lipinski definition) is 6. The molecule has 0 aromatic carbocycles. The van der Waals surface area contributed by atoms with Crippen molar-refractivity contribution < 1.29 is 46.7 Å². The molecule has 12 heteroatoms. The first-order chi connectivity index (χ1) is 14.7. The molecule has 2 heterocycles. The average Bonchev–Trinajstić information content (AvgIpc) is 3.29. The number of amides is 1. The maximum atomic E-state index is 12.4. The summed E-state index contributed by atoms with van der Waals surface area (Å²) in [4.78, 5) is 32.2. The van der Waals surface area contributed by atoms with Crippen LogP contribution in [0.25, 0.3) is 0 Å². The van der Waals surface area contributed by atoms with Crippen LogP contribution in [0.4, 0.5) is 13.2 Å². The van der Waals surface area contributed by atoms with Crippen molar-refractivity contribution in [1.29, 1.82) is 0 Å². The second kappa shape index (κ2) is 11.7. The predicted molar refractivity (Wildman–Crippen MR) is 108 cm³/mol. The number of carboxylic acids is 2. The highest BCUT2D eigenvalue weighted by atomic mass is 32.1. The SMILES string of the molecule is C[N+](C)(C)CC(CC(=O)O)NC(=O)c1ccc(CCc2ccsc2)o1.O=C([O-])C(F)(F)F. The Hall–Kier alpha value is -2.86. The van der Waals surface area contributed by atoms with Crippen molar-refractivity contribution in [3.63, 3.8) is 0 Å². The number of aliphatic carboxylic acids is 2. The number of aryl methyl sites for hydroxylation is 2. The topological polar surface area (TPSA) is 120 Å². The number of alkyl halides is 3. The molecule has 32 heavy (non-hydrogen) atoms. The molecule has 0 aliphatic rings. The Labute approximate surface area is 186 Å². The first-order valence-electron chi connectivity index (χ1n) is 9.38. The maximum absolute atomic E-state index is 12.4. The summed E-state index contributed by atoms with van der Waals surface area (Å²) in [6, 6.07) is 5.06. The van der Waals surface area contributed by atoms with Crippen LogP contribution in [0.3, 0.4) is 0 Å². The van der Waals surface area contributed by atoms with Gasteiger partial charge in [-0.15, -0.1) is 0 Å². The number of carboxylic acid groups (broad SMARTS) is 2. The largest absolute Gasteiger partial charge is 0.542 e. The Balaban J connectivity index is 0.000000633. The summed E-state index contributed by atoms with van der Waals surface area (Å²) in [7, 11) is 5.86. The molecule has 0 aliphatic carbocycles. The highest BCUT2D eigenvalue weighted by molar-refractivity contribution is 7.07. The summed E-state index contributed by atoms with van der Waals surface area (Å²) in [5, 5.41) is 24.7. The van der Waals surface area contributed by atoms with E-state index >= 15 is 0 Å². The number of halogens is 3. The Kier molecular flexibility index (Phi) is 9.91. The lowest BCUT2D eigenvalue weighted by Gasteiger charge is -2.28. The second-order valence-electron chi connectivity index (χ2n) is 7.92. The van der Waals surface area contributed by atoms with Gasteiger partial charge in [0.2, 0.25) is 0 Å². The van der Waals surface area contributed by atoms with Gasteiger partial charge < -0.3 is 29.2 Å². The number of hydrogen-bond donors (Lipinski definition) is 2. The smallest absolute Gasteiger partial charge is 0.430 e. The molecule has 0 saturated heterocycles. The third kappa shape index (κ3) is 11.0. The Morgan fingerprint density at radius 1 is 1.19 bits per heavy atom. The Bertz CT molecular complexity index is 888. The van der Waals surface area contributed by atoms with Crippen LogP contribution in [0.5, 0.6) is 0 Å². The highest BCUT2D eigenvalue weighted by Gasteiger charge is 2.29. The van der Waals surface area contributed by atoms with Gasteiger partial charge in [-0.25, -0.2) is 0 Å². The molecule has 0 fully saturated rings. The van der Waals surface area contributed by atoms with Gasteiger partial charge in [-0.2, -0.15) is 24.5 Å². The number of nitrogens with one attached hydrogen (secondary N) is 1. The van der Waals surface area contributed by atoms with Gasteiger partial charge in [-0.3, -0.25) is 9.59 Å². The fourth-order valence-corrected chi connectivity index (χ4v) is 3.33. The van der Waals surface area contributed by atoms with E-state index in [0.29, 0.717) is 11.0 Å². The van der Waals surface area contributed by atoms with Crippen LogP contribution in [0.1, 0.15) is 28.3 Å². The molecule has 1 unspecified atom stereocenters. The summed E-state index contributed by atoms with van der Waals surface area (Å²) in [5.41, 5.74) is 1.25. The fraction of sp³-hybridized carbons (Fsp3) is 0.450. The predicted octanol–water partition coefficient (Wildman–Crippen LogP) is 1.70. The number of likely N-dealkylation sites (N-methyl/N-ethyl adjacent to an activating group) is 1. The van der Waals surface area contributed by atoms with E-state index in [4.69, 9.17) is 19.4 Å². The summed E-state index contributed by atoms with van der Waals surface area (Å²) in [6.07, 6.45) is -3.73. The zero-order valence-electron chi connectivity index (χ0n) is 17.8. The van der Waals surface area contributed by atoms with Crippen molar-refractivity contribution in [2.75, 3.05) is 27.7 Å². The van der Waals surface area contributed by atoms with Crippen LogP contribution < -0.4 is 10.4 Å². The van der Waals surface area contributed by atoms with Crippen molar-refractivity contribution in [1.82, 2.24) is 5.32 Å². The molecule has 0 radical (unpaired) electrons. The van der Waals surface area contributed by atoms with Crippen LogP contribution in [-0.2, 0) is 22.4 Å². The maximum Gasteiger partial charge on any atom is 0.430 e.